The van der Waals surface area contributed by atoms with Crippen LogP contribution >= 0.6 is 12.6 Å². The Labute approximate surface area is 112 Å². The van der Waals surface area contributed by atoms with Gasteiger partial charge in [-0.2, -0.15) is 12.6 Å². The monoisotopic (exact) mass is 251 g/mol. The normalized spacial score (nSPS) is 10.5. The fraction of sp³-hybridized carbons (Fsp3) is 0.125. The molecular formula is C16H13NS. The van der Waals surface area contributed by atoms with Gasteiger partial charge in [-0.05, 0) is 24.3 Å². The summed E-state index contributed by atoms with van der Waals surface area (Å²) in [6, 6.07) is 14.7. The van der Waals surface area contributed by atoms with Gasteiger partial charge >= 0.3 is 0 Å². The predicted molar refractivity (Wildman–Crippen MR) is 81.2 cm³/mol. The highest BCUT2D eigenvalue weighted by molar-refractivity contribution is 7.80. The minimum Gasteiger partial charge on any atom is -0.355 e. The summed E-state index contributed by atoms with van der Waals surface area (Å²) in [4.78, 5) is 3.41. The molecule has 1 nitrogen and oxygen atoms in total. The van der Waals surface area contributed by atoms with Gasteiger partial charge in [-0.1, -0.05) is 30.0 Å². The summed E-state index contributed by atoms with van der Waals surface area (Å²) in [6.45, 7) is 0. The van der Waals surface area contributed by atoms with Gasteiger partial charge in [0.05, 0.1) is 0 Å². The number of para-hydroxylation sites is 1. The number of hydrogen-bond acceptors (Lipinski definition) is 1. The van der Waals surface area contributed by atoms with Gasteiger partial charge in [-0.3, -0.25) is 0 Å². The molecule has 0 bridgehead atoms. The van der Waals surface area contributed by atoms with E-state index in [0.29, 0.717) is 0 Å². The third kappa shape index (κ3) is 1.98. The van der Waals surface area contributed by atoms with Gasteiger partial charge in [0.25, 0.3) is 0 Å². The molecule has 0 fully saturated rings. The number of fused-ring (bicyclic) bond motifs is 3. The van der Waals surface area contributed by atoms with E-state index in [1.54, 1.807) is 0 Å². The third-order valence-electron chi connectivity index (χ3n) is 2.98. The van der Waals surface area contributed by atoms with E-state index in [1.807, 2.05) is 6.07 Å². The van der Waals surface area contributed by atoms with E-state index in [2.05, 4.69) is 65.9 Å². The summed E-state index contributed by atoms with van der Waals surface area (Å²) in [5.74, 6) is 7.11. The maximum Gasteiger partial charge on any atom is 0.0465 e. The van der Waals surface area contributed by atoms with Crippen molar-refractivity contribution in [2.45, 2.75) is 6.42 Å². The fourth-order valence-electron chi connectivity index (χ4n) is 2.15. The van der Waals surface area contributed by atoms with Crippen LogP contribution in [0.2, 0.25) is 0 Å². The number of nitrogens with one attached hydrogen (secondary N) is 1. The quantitative estimate of drug-likeness (QED) is 0.480. The zero-order valence-electron chi connectivity index (χ0n) is 9.90. The lowest BCUT2D eigenvalue weighted by molar-refractivity contribution is 1.31. The van der Waals surface area contributed by atoms with Crippen molar-refractivity contribution in [1.29, 1.82) is 0 Å². The van der Waals surface area contributed by atoms with Crippen LogP contribution < -0.4 is 0 Å². The third-order valence-corrected chi connectivity index (χ3v) is 3.20. The van der Waals surface area contributed by atoms with Crippen LogP contribution in [0.15, 0.2) is 42.5 Å². The predicted octanol–water partition coefficient (Wildman–Crippen LogP) is 3.99. The average molecular weight is 251 g/mol. The molecule has 1 heterocycles. The Morgan fingerprint density at radius 1 is 1.00 bits per heavy atom. The zero-order chi connectivity index (χ0) is 12.4. The first-order chi connectivity index (χ1) is 8.88. The Kier molecular flexibility index (Phi) is 3.00. The van der Waals surface area contributed by atoms with E-state index >= 15 is 0 Å². The summed E-state index contributed by atoms with van der Waals surface area (Å²) in [6.07, 6.45) is 0.828. The van der Waals surface area contributed by atoms with Gasteiger partial charge in [0.1, 0.15) is 0 Å². The first kappa shape index (κ1) is 11.3. The highest BCUT2D eigenvalue weighted by Gasteiger charge is 2.03. The Balaban J connectivity index is 2.16. The zero-order valence-corrected chi connectivity index (χ0v) is 10.8. The van der Waals surface area contributed by atoms with Gasteiger partial charge in [0.15, 0.2) is 0 Å². The molecule has 0 aliphatic carbocycles. The second-order valence-electron chi connectivity index (χ2n) is 4.21. The lowest BCUT2D eigenvalue weighted by Crippen LogP contribution is -1.75. The Bertz CT molecular complexity index is 759. The molecule has 0 spiro atoms. The Morgan fingerprint density at radius 3 is 2.72 bits per heavy atom. The van der Waals surface area contributed by atoms with Crippen LogP contribution in [0.4, 0.5) is 0 Å². The Morgan fingerprint density at radius 2 is 1.83 bits per heavy atom. The van der Waals surface area contributed by atoms with Gasteiger partial charge in [0.2, 0.25) is 0 Å². The molecule has 3 rings (SSSR count). The van der Waals surface area contributed by atoms with E-state index in [-0.39, 0.29) is 0 Å². The van der Waals surface area contributed by atoms with Crippen molar-refractivity contribution >= 4 is 34.4 Å². The van der Waals surface area contributed by atoms with E-state index in [4.69, 9.17) is 0 Å². The fourth-order valence-corrected chi connectivity index (χ4v) is 2.26. The van der Waals surface area contributed by atoms with E-state index in [9.17, 15) is 0 Å². The van der Waals surface area contributed by atoms with Crippen molar-refractivity contribution in [2.24, 2.45) is 0 Å². The smallest absolute Gasteiger partial charge is 0.0465 e. The number of thiol groups is 1. The molecule has 0 aliphatic rings. The van der Waals surface area contributed by atoms with Crippen LogP contribution in [0.25, 0.3) is 21.8 Å². The SMILES string of the molecule is SCCC#Cc1ccc2[nH]c3ccccc3c2c1. The van der Waals surface area contributed by atoms with Gasteiger partial charge < -0.3 is 4.98 Å². The van der Waals surface area contributed by atoms with E-state index in [0.717, 1.165) is 23.3 Å². The molecule has 2 aromatic carbocycles. The average Bonchev–Trinajstić information content (AvgIpc) is 2.77. The molecule has 1 aromatic heterocycles. The largest absolute Gasteiger partial charge is 0.355 e. The molecule has 0 atom stereocenters. The number of aromatic nitrogens is 1. The second-order valence-corrected chi connectivity index (χ2v) is 4.65. The topological polar surface area (TPSA) is 15.8 Å². The summed E-state index contributed by atoms with van der Waals surface area (Å²) >= 11 is 4.16. The van der Waals surface area contributed by atoms with Crippen LogP contribution in [-0.2, 0) is 0 Å². The van der Waals surface area contributed by atoms with Crippen molar-refractivity contribution in [1.82, 2.24) is 4.98 Å². The molecule has 0 radical (unpaired) electrons. The standard InChI is InChI=1S/C16H13NS/c18-10-4-3-5-12-8-9-16-14(11-12)13-6-1-2-7-15(13)17-16/h1-2,6-9,11,17-18H,4,10H2. The number of H-pyrrole nitrogens is 1. The molecule has 0 saturated heterocycles. The van der Waals surface area contributed by atoms with Crippen LogP contribution in [0.5, 0.6) is 0 Å². The molecule has 1 N–H and O–H groups in total. The highest BCUT2D eigenvalue weighted by atomic mass is 32.1. The van der Waals surface area contributed by atoms with Gasteiger partial charge in [-0.15, -0.1) is 0 Å². The van der Waals surface area contributed by atoms with Gasteiger partial charge in [0, 0.05) is 39.5 Å². The lowest BCUT2D eigenvalue weighted by atomic mass is 10.1. The van der Waals surface area contributed by atoms with Crippen molar-refractivity contribution in [3.8, 4) is 11.8 Å². The van der Waals surface area contributed by atoms with Crippen LogP contribution in [0.1, 0.15) is 12.0 Å². The number of aromatic amines is 1. The van der Waals surface area contributed by atoms with E-state index in [1.165, 1.54) is 16.3 Å². The highest BCUT2D eigenvalue weighted by Crippen LogP contribution is 2.25. The summed E-state index contributed by atoms with van der Waals surface area (Å²) in [5.41, 5.74) is 3.40. The molecule has 0 aliphatic heterocycles. The number of benzene rings is 2. The maximum atomic E-state index is 4.16. The molecule has 88 valence electrons. The van der Waals surface area contributed by atoms with Crippen molar-refractivity contribution in [3.05, 3.63) is 48.0 Å². The summed E-state index contributed by atoms with van der Waals surface area (Å²) < 4.78 is 0. The molecule has 3 aromatic rings. The maximum absolute atomic E-state index is 4.16. The van der Waals surface area contributed by atoms with E-state index < -0.39 is 0 Å². The molecule has 2 heteroatoms. The summed E-state index contributed by atoms with van der Waals surface area (Å²) in [7, 11) is 0. The van der Waals surface area contributed by atoms with Crippen molar-refractivity contribution in [3.63, 3.8) is 0 Å². The molecule has 0 saturated carbocycles. The van der Waals surface area contributed by atoms with Gasteiger partial charge in [-0.25, -0.2) is 0 Å². The Hall–Kier alpha value is -1.85. The summed E-state index contributed by atoms with van der Waals surface area (Å²) in [5, 5.41) is 2.49. The number of hydrogen-bond donors (Lipinski definition) is 2. The van der Waals surface area contributed by atoms with Crippen molar-refractivity contribution < 1.29 is 0 Å². The van der Waals surface area contributed by atoms with Crippen LogP contribution in [0.3, 0.4) is 0 Å². The molecule has 0 unspecified atom stereocenters. The minimum atomic E-state index is 0.808. The first-order valence-electron chi connectivity index (χ1n) is 5.99. The molecular weight excluding hydrogens is 238 g/mol. The molecule has 18 heavy (non-hydrogen) atoms. The van der Waals surface area contributed by atoms with Crippen LogP contribution in [0, 0.1) is 11.8 Å². The van der Waals surface area contributed by atoms with Crippen LogP contribution in [-0.4, -0.2) is 10.7 Å². The number of rotatable bonds is 1. The minimum absolute atomic E-state index is 0.808. The molecule has 0 amide bonds. The second kappa shape index (κ2) is 4.80. The van der Waals surface area contributed by atoms with Crippen molar-refractivity contribution in [2.75, 3.05) is 5.75 Å². The first-order valence-corrected chi connectivity index (χ1v) is 6.62. The lowest BCUT2D eigenvalue weighted by Gasteiger charge is -1.93.